The van der Waals surface area contributed by atoms with E-state index in [1.807, 2.05) is 6.07 Å². The highest BCUT2D eigenvalue weighted by molar-refractivity contribution is 5.46. The van der Waals surface area contributed by atoms with Crippen LogP contribution in [0.1, 0.15) is 34.9 Å². The maximum absolute atomic E-state index is 5.63. The summed E-state index contributed by atoms with van der Waals surface area (Å²) in [6.07, 6.45) is 0.143. The number of hydrogen-bond donors (Lipinski definition) is 0. The van der Waals surface area contributed by atoms with Gasteiger partial charge in [-0.05, 0) is 42.9 Å². The Balaban J connectivity index is 1.60. The smallest absolute Gasteiger partial charge is 0.231 e. The molecule has 2 heterocycles. The minimum atomic E-state index is 0.143. The van der Waals surface area contributed by atoms with Crippen LogP contribution in [0.25, 0.3) is 0 Å². The van der Waals surface area contributed by atoms with E-state index in [1.54, 1.807) is 0 Å². The van der Waals surface area contributed by atoms with Gasteiger partial charge in [0.15, 0.2) is 11.5 Å². The fourth-order valence-corrected chi connectivity index (χ4v) is 4.72. The maximum Gasteiger partial charge on any atom is 0.231 e. The van der Waals surface area contributed by atoms with Crippen LogP contribution in [0.4, 0.5) is 0 Å². The lowest BCUT2D eigenvalue weighted by Crippen LogP contribution is -2.26. The molecule has 4 nitrogen and oxygen atoms in total. The maximum atomic E-state index is 5.63. The van der Waals surface area contributed by atoms with Gasteiger partial charge in [-0.15, -0.1) is 0 Å². The van der Waals surface area contributed by atoms with E-state index in [9.17, 15) is 0 Å². The predicted octanol–water partition coefficient (Wildman–Crippen LogP) is 4.77. The van der Waals surface area contributed by atoms with Gasteiger partial charge in [-0.2, -0.15) is 0 Å². The first kappa shape index (κ1) is 17.3. The van der Waals surface area contributed by atoms with Gasteiger partial charge in [0.2, 0.25) is 6.79 Å². The van der Waals surface area contributed by atoms with E-state index < -0.39 is 0 Å². The summed E-state index contributed by atoms with van der Waals surface area (Å²) in [5.41, 5.74) is 3.87. The van der Waals surface area contributed by atoms with Crippen molar-refractivity contribution in [3.05, 3.63) is 95.6 Å². The van der Waals surface area contributed by atoms with E-state index in [0.29, 0.717) is 6.79 Å². The number of nitrogens with zero attached hydrogens (tertiary/aromatic N) is 2. The first-order chi connectivity index (χ1) is 13.7. The number of ether oxygens (including phenoxy) is 2. The van der Waals surface area contributed by atoms with Crippen molar-refractivity contribution in [1.29, 1.82) is 0 Å². The van der Waals surface area contributed by atoms with Crippen LogP contribution in [0.2, 0.25) is 0 Å². The van der Waals surface area contributed by atoms with Crippen LogP contribution in [0, 0.1) is 0 Å². The molecule has 2 aliphatic heterocycles. The SMILES string of the molecule is CN1C(c2ccccc2)C(c2ccccc2)N(C)C1c1ccc2c(c1)OCO2. The number of hydrogen-bond acceptors (Lipinski definition) is 4. The summed E-state index contributed by atoms with van der Waals surface area (Å²) in [5, 5.41) is 0. The van der Waals surface area contributed by atoms with Crippen molar-refractivity contribution < 1.29 is 9.47 Å². The molecule has 0 amide bonds. The Hall–Kier alpha value is -2.82. The molecule has 0 radical (unpaired) electrons. The summed E-state index contributed by atoms with van der Waals surface area (Å²) >= 11 is 0. The zero-order valence-corrected chi connectivity index (χ0v) is 16.2. The molecule has 2 unspecified atom stereocenters. The summed E-state index contributed by atoms with van der Waals surface area (Å²) in [5.74, 6) is 1.66. The molecule has 0 N–H and O–H groups in total. The summed E-state index contributed by atoms with van der Waals surface area (Å²) in [4.78, 5) is 4.93. The molecule has 3 aromatic rings. The van der Waals surface area contributed by atoms with Gasteiger partial charge in [-0.25, -0.2) is 0 Å². The zero-order chi connectivity index (χ0) is 19.1. The van der Waals surface area contributed by atoms with E-state index in [-0.39, 0.29) is 18.2 Å². The molecule has 2 atom stereocenters. The highest BCUT2D eigenvalue weighted by Gasteiger charge is 2.45. The molecule has 0 aromatic heterocycles. The second-order valence-electron chi connectivity index (χ2n) is 7.53. The van der Waals surface area contributed by atoms with E-state index >= 15 is 0 Å². The molecular formula is C24H24N2O2. The largest absolute Gasteiger partial charge is 0.454 e. The molecule has 0 saturated carbocycles. The van der Waals surface area contributed by atoms with Crippen LogP contribution < -0.4 is 9.47 Å². The van der Waals surface area contributed by atoms with Crippen molar-refractivity contribution in [2.75, 3.05) is 20.9 Å². The standard InChI is InChI=1S/C24H24N2O2/c1-25-22(17-9-5-3-6-10-17)23(18-11-7-4-8-12-18)26(2)24(25)19-13-14-20-21(15-19)28-16-27-20/h3-15,22-24H,16H2,1-2H3. The highest BCUT2D eigenvalue weighted by atomic mass is 16.7. The molecule has 4 heteroatoms. The first-order valence-corrected chi connectivity index (χ1v) is 9.67. The van der Waals surface area contributed by atoms with Gasteiger partial charge in [0, 0.05) is 0 Å². The average molecular weight is 372 g/mol. The van der Waals surface area contributed by atoms with E-state index in [4.69, 9.17) is 9.47 Å². The van der Waals surface area contributed by atoms with Gasteiger partial charge < -0.3 is 9.47 Å². The summed E-state index contributed by atoms with van der Waals surface area (Å²) in [6.45, 7) is 0.300. The summed E-state index contributed by atoms with van der Waals surface area (Å²) in [6, 6.07) is 28.4. The fraction of sp³-hybridized carbons (Fsp3) is 0.250. The molecule has 2 aliphatic rings. The number of benzene rings is 3. The molecule has 3 aromatic carbocycles. The molecular weight excluding hydrogens is 348 g/mol. The first-order valence-electron chi connectivity index (χ1n) is 9.67. The van der Waals surface area contributed by atoms with Crippen LogP contribution in [-0.2, 0) is 0 Å². The Morgan fingerprint density at radius 1 is 0.643 bits per heavy atom. The lowest BCUT2D eigenvalue weighted by Gasteiger charge is -2.27. The normalized spacial score (nSPS) is 24.6. The molecule has 142 valence electrons. The van der Waals surface area contributed by atoms with Crippen molar-refractivity contribution in [3.8, 4) is 11.5 Å². The topological polar surface area (TPSA) is 24.9 Å². The van der Waals surface area contributed by atoms with Crippen molar-refractivity contribution in [2.24, 2.45) is 0 Å². The molecule has 28 heavy (non-hydrogen) atoms. The third-order valence-corrected chi connectivity index (χ3v) is 5.93. The molecule has 1 fully saturated rings. The van der Waals surface area contributed by atoms with Crippen LogP contribution >= 0.6 is 0 Å². The van der Waals surface area contributed by atoms with Gasteiger partial charge >= 0.3 is 0 Å². The number of fused-ring (bicyclic) bond motifs is 1. The van der Waals surface area contributed by atoms with Crippen LogP contribution in [0.5, 0.6) is 11.5 Å². The lowest BCUT2D eigenvalue weighted by atomic mass is 9.93. The van der Waals surface area contributed by atoms with Crippen molar-refractivity contribution >= 4 is 0 Å². The quantitative estimate of drug-likeness (QED) is 0.661. The third-order valence-electron chi connectivity index (χ3n) is 5.93. The predicted molar refractivity (Wildman–Crippen MR) is 109 cm³/mol. The Bertz CT molecular complexity index is 909. The highest BCUT2D eigenvalue weighted by Crippen LogP contribution is 2.51. The van der Waals surface area contributed by atoms with Crippen LogP contribution in [-0.4, -0.2) is 30.7 Å². The zero-order valence-electron chi connectivity index (χ0n) is 16.2. The van der Waals surface area contributed by atoms with Gasteiger partial charge in [0.25, 0.3) is 0 Å². The fourth-order valence-electron chi connectivity index (χ4n) is 4.72. The third kappa shape index (κ3) is 2.77. The number of likely N-dealkylation sites (N-methyl/N-ethyl adjacent to an activating group) is 2. The Morgan fingerprint density at radius 2 is 1.18 bits per heavy atom. The van der Waals surface area contributed by atoms with Crippen LogP contribution in [0.15, 0.2) is 78.9 Å². The number of rotatable bonds is 3. The van der Waals surface area contributed by atoms with Gasteiger partial charge in [0.05, 0.1) is 18.2 Å². The monoisotopic (exact) mass is 372 g/mol. The average Bonchev–Trinajstić information content (AvgIpc) is 3.30. The lowest BCUT2D eigenvalue weighted by molar-refractivity contribution is 0.163. The molecule has 5 rings (SSSR count). The van der Waals surface area contributed by atoms with E-state index in [0.717, 1.165) is 11.5 Å². The van der Waals surface area contributed by atoms with Gasteiger partial charge in [-0.1, -0.05) is 66.7 Å². The van der Waals surface area contributed by atoms with E-state index in [2.05, 4.69) is 96.7 Å². The van der Waals surface area contributed by atoms with Gasteiger partial charge in [-0.3, -0.25) is 9.80 Å². The molecule has 0 spiro atoms. The van der Waals surface area contributed by atoms with E-state index in [1.165, 1.54) is 16.7 Å². The minimum absolute atomic E-state index is 0.143. The molecule has 0 aliphatic carbocycles. The Morgan fingerprint density at radius 3 is 1.75 bits per heavy atom. The second-order valence-corrected chi connectivity index (χ2v) is 7.53. The molecule has 0 bridgehead atoms. The second kappa shape index (κ2) is 6.97. The summed E-state index contributed by atoms with van der Waals surface area (Å²) < 4.78 is 11.1. The van der Waals surface area contributed by atoms with Crippen molar-refractivity contribution in [2.45, 2.75) is 18.2 Å². The van der Waals surface area contributed by atoms with Crippen molar-refractivity contribution in [3.63, 3.8) is 0 Å². The van der Waals surface area contributed by atoms with Gasteiger partial charge in [0.1, 0.15) is 0 Å². The Kier molecular flexibility index (Phi) is 4.30. The van der Waals surface area contributed by atoms with Crippen molar-refractivity contribution in [1.82, 2.24) is 9.80 Å². The summed E-state index contributed by atoms with van der Waals surface area (Å²) in [7, 11) is 4.43. The minimum Gasteiger partial charge on any atom is -0.454 e. The van der Waals surface area contributed by atoms with Crippen LogP contribution in [0.3, 0.4) is 0 Å². The Labute approximate surface area is 165 Å². The molecule has 1 saturated heterocycles.